The van der Waals surface area contributed by atoms with Crippen LogP contribution in [0.5, 0.6) is 0 Å². The Morgan fingerprint density at radius 2 is 2.08 bits per heavy atom. The van der Waals surface area contributed by atoms with E-state index in [1.54, 1.807) is 12.5 Å². The van der Waals surface area contributed by atoms with Crippen molar-refractivity contribution in [1.29, 1.82) is 0 Å². The molecule has 1 amide bonds. The Morgan fingerprint density at radius 1 is 1.27 bits per heavy atom. The van der Waals surface area contributed by atoms with Crippen LogP contribution in [0, 0.1) is 5.41 Å². The van der Waals surface area contributed by atoms with Gasteiger partial charge in [-0.3, -0.25) is 14.6 Å². The molecule has 2 aliphatic heterocycles. The van der Waals surface area contributed by atoms with Gasteiger partial charge in [0.2, 0.25) is 5.91 Å². The van der Waals surface area contributed by atoms with Gasteiger partial charge in [-0.25, -0.2) is 4.98 Å². The number of imidazole rings is 1. The van der Waals surface area contributed by atoms with Gasteiger partial charge in [-0.1, -0.05) is 30.3 Å². The van der Waals surface area contributed by atoms with Crippen molar-refractivity contribution in [3.8, 4) is 0 Å². The summed E-state index contributed by atoms with van der Waals surface area (Å²) in [4.78, 5) is 21.3. The summed E-state index contributed by atoms with van der Waals surface area (Å²) in [6.45, 7) is 5.60. The minimum Gasteiger partial charge on any atom is -0.353 e. The Balaban J connectivity index is 1.25. The molecule has 1 N–H and O–H groups in total. The summed E-state index contributed by atoms with van der Waals surface area (Å²) in [5.41, 5.74) is 1.65. The highest BCUT2D eigenvalue weighted by Crippen LogP contribution is 2.42. The number of benzene rings is 1. The van der Waals surface area contributed by atoms with E-state index in [2.05, 4.69) is 57.5 Å². The predicted molar refractivity (Wildman–Crippen MR) is 100 cm³/mol. The number of amides is 1. The van der Waals surface area contributed by atoms with Crippen molar-refractivity contribution in [2.75, 3.05) is 33.2 Å². The molecular weight excluding hydrogens is 326 g/mol. The van der Waals surface area contributed by atoms with Crippen LogP contribution in [0.25, 0.3) is 0 Å². The predicted octanol–water partition coefficient (Wildman–Crippen LogP) is 1.21. The summed E-state index contributed by atoms with van der Waals surface area (Å²) in [7, 11) is 2.08. The Hall–Kier alpha value is -2.18. The van der Waals surface area contributed by atoms with Gasteiger partial charge >= 0.3 is 0 Å². The molecular formula is C20H27N5O. The highest BCUT2D eigenvalue weighted by molar-refractivity contribution is 5.82. The highest BCUT2D eigenvalue weighted by Gasteiger charge is 2.51. The van der Waals surface area contributed by atoms with E-state index in [1.807, 2.05) is 10.8 Å². The second kappa shape index (κ2) is 7.21. The van der Waals surface area contributed by atoms with Crippen LogP contribution in [-0.2, 0) is 17.9 Å². The van der Waals surface area contributed by atoms with Gasteiger partial charge in [-0.05, 0) is 19.0 Å². The molecule has 6 heteroatoms. The van der Waals surface area contributed by atoms with Gasteiger partial charge in [0, 0.05) is 57.1 Å². The SMILES string of the molecule is CN1CC2(CC1C(=O)NCCn1ccnc1)CN(Cc1ccccc1)C2. The van der Waals surface area contributed by atoms with Crippen LogP contribution in [0.1, 0.15) is 12.0 Å². The maximum atomic E-state index is 12.6. The van der Waals surface area contributed by atoms with Crippen molar-refractivity contribution in [3.63, 3.8) is 0 Å². The number of aromatic nitrogens is 2. The van der Waals surface area contributed by atoms with Crippen LogP contribution in [0.4, 0.5) is 0 Å². The lowest BCUT2D eigenvalue weighted by Gasteiger charge is -2.48. The zero-order chi connectivity index (χ0) is 18.0. The fourth-order valence-electron chi connectivity index (χ4n) is 4.49. The fraction of sp³-hybridized carbons (Fsp3) is 0.500. The van der Waals surface area contributed by atoms with Crippen LogP contribution in [-0.4, -0.2) is 64.5 Å². The van der Waals surface area contributed by atoms with Gasteiger partial charge < -0.3 is 9.88 Å². The van der Waals surface area contributed by atoms with E-state index in [9.17, 15) is 4.79 Å². The van der Waals surface area contributed by atoms with E-state index in [-0.39, 0.29) is 17.4 Å². The first-order valence-electron chi connectivity index (χ1n) is 9.34. The topological polar surface area (TPSA) is 53.4 Å². The lowest BCUT2D eigenvalue weighted by Crippen LogP contribution is -2.56. The Labute approximate surface area is 154 Å². The molecule has 1 spiro atoms. The smallest absolute Gasteiger partial charge is 0.237 e. The molecule has 1 aromatic carbocycles. The monoisotopic (exact) mass is 353 g/mol. The number of carbonyl (C=O) groups is 1. The van der Waals surface area contributed by atoms with Crippen LogP contribution in [0.15, 0.2) is 49.1 Å². The summed E-state index contributed by atoms with van der Waals surface area (Å²) in [5.74, 6) is 0.158. The first-order valence-corrected chi connectivity index (χ1v) is 9.34. The molecule has 3 heterocycles. The minimum atomic E-state index is -0.00309. The van der Waals surface area contributed by atoms with Crippen molar-refractivity contribution < 1.29 is 4.79 Å². The Morgan fingerprint density at radius 3 is 2.81 bits per heavy atom. The molecule has 1 atom stereocenters. The maximum absolute atomic E-state index is 12.6. The van der Waals surface area contributed by atoms with Crippen molar-refractivity contribution >= 4 is 5.91 Å². The van der Waals surface area contributed by atoms with Gasteiger partial charge in [-0.15, -0.1) is 0 Å². The van der Waals surface area contributed by atoms with Gasteiger partial charge in [0.25, 0.3) is 0 Å². The van der Waals surface area contributed by atoms with Crippen LogP contribution < -0.4 is 5.32 Å². The number of rotatable bonds is 6. The standard InChI is InChI=1S/C20H27N5O/c1-23-13-20(14-25(15-20)12-17-5-3-2-4-6-17)11-18(23)19(26)22-8-10-24-9-7-21-16-24/h2-7,9,16,18H,8,10-15H2,1H3,(H,22,26). The van der Waals surface area contributed by atoms with E-state index in [4.69, 9.17) is 0 Å². The number of likely N-dealkylation sites (tertiary alicyclic amines) is 2. The maximum Gasteiger partial charge on any atom is 0.237 e. The fourth-order valence-corrected chi connectivity index (χ4v) is 4.49. The molecule has 2 saturated heterocycles. The van der Waals surface area contributed by atoms with Gasteiger partial charge in [0.05, 0.1) is 12.4 Å². The van der Waals surface area contributed by atoms with E-state index < -0.39 is 0 Å². The first-order chi connectivity index (χ1) is 12.6. The number of hydrogen-bond donors (Lipinski definition) is 1. The number of nitrogens with zero attached hydrogens (tertiary/aromatic N) is 4. The molecule has 1 aromatic heterocycles. The second-order valence-corrected chi connectivity index (χ2v) is 7.86. The molecule has 4 rings (SSSR count). The molecule has 0 bridgehead atoms. The third-order valence-electron chi connectivity index (χ3n) is 5.64. The second-order valence-electron chi connectivity index (χ2n) is 7.86. The Kier molecular flexibility index (Phi) is 4.78. The summed E-state index contributed by atoms with van der Waals surface area (Å²) in [6.07, 6.45) is 6.41. The molecule has 1 unspecified atom stereocenters. The van der Waals surface area contributed by atoms with Gasteiger partial charge in [-0.2, -0.15) is 0 Å². The molecule has 2 aromatic rings. The largest absolute Gasteiger partial charge is 0.353 e. The highest BCUT2D eigenvalue weighted by atomic mass is 16.2. The van der Waals surface area contributed by atoms with Crippen LogP contribution in [0.2, 0.25) is 0 Å². The van der Waals surface area contributed by atoms with Gasteiger partial charge in [0.15, 0.2) is 0 Å². The van der Waals surface area contributed by atoms with Crippen LogP contribution in [0.3, 0.4) is 0 Å². The molecule has 2 fully saturated rings. The Bertz CT molecular complexity index is 724. The van der Waals surface area contributed by atoms with Crippen LogP contribution >= 0.6 is 0 Å². The zero-order valence-corrected chi connectivity index (χ0v) is 15.3. The van der Waals surface area contributed by atoms with E-state index >= 15 is 0 Å². The molecule has 26 heavy (non-hydrogen) atoms. The lowest BCUT2D eigenvalue weighted by molar-refractivity contribution is -0.125. The van der Waals surface area contributed by atoms with E-state index in [1.165, 1.54) is 5.56 Å². The molecule has 0 aliphatic carbocycles. The normalized spacial score (nSPS) is 22.4. The summed E-state index contributed by atoms with van der Waals surface area (Å²) >= 11 is 0. The number of nitrogens with one attached hydrogen (secondary N) is 1. The quantitative estimate of drug-likeness (QED) is 0.848. The van der Waals surface area contributed by atoms with E-state index in [0.717, 1.165) is 39.1 Å². The van der Waals surface area contributed by atoms with E-state index in [0.29, 0.717) is 6.54 Å². The first kappa shape index (κ1) is 17.2. The average molecular weight is 353 g/mol. The average Bonchev–Trinajstić information content (AvgIpc) is 3.23. The van der Waals surface area contributed by atoms with Crippen molar-refractivity contribution in [2.45, 2.75) is 25.6 Å². The third kappa shape index (κ3) is 3.66. The summed E-state index contributed by atoms with van der Waals surface area (Å²) in [6, 6.07) is 10.6. The zero-order valence-electron chi connectivity index (χ0n) is 15.3. The van der Waals surface area contributed by atoms with Crippen molar-refractivity contribution in [1.82, 2.24) is 24.7 Å². The molecule has 138 valence electrons. The van der Waals surface area contributed by atoms with Gasteiger partial charge in [0.1, 0.15) is 0 Å². The number of carbonyl (C=O) groups excluding carboxylic acids is 1. The number of likely N-dealkylation sites (N-methyl/N-ethyl adjacent to an activating group) is 1. The summed E-state index contributed by atoms with van der Waals surface area (Å²) in [5, 5.41) is 3.09. The molecule has 0 saturated carbocycles. The summed E-state index contributed by atoms with van der Waals surface area (Å²) < 4.78 is 1.98. The van der Waals surface area contributed by atoms with Crippen molar-refractivity contribution in [2.24, 2.45) is 5.41 Å². The molecule has 6 nitrogen and oxygen atoms in total. The third-order valence-corrected chi connectivity index (χ3v) is 5.64. The molecule has 2 aliphatic rings. The molecule has 0 radical (unpaired) electrons. The minimum absolute atomic E-state index is 0.00309. The number of hydrogen-bond acceptors (Lipinski definition) is 4. The van der Waals surface area contributed by atoms with Crippen molar-refractivity contribution in [3.05, 3.63) is 54.6 Å². The lowest BCUT2D eigenvalue weighted by atomic mass is 9.77.